The zero-order chi connectivity index (χ0) is 16.6. The number of carbonyl (C=O) groups is 1. The molecular formula is C18H19N3OS. The molecule has 0 unspecified atom stereocenters. The number of hydrogen-bond acceptors (Lipinski definition) is 4. The van der Waals surface area contributed by atoms with Crippen molar-refractivity contribution < 1.29 is 4.79 Å². The summed E-state index contributed by atoms with van der Waals surface area (Å²) in [5, 5.41) is 6.50. The van der Waals surface area contributed by atoms with E-state index in [1.165, 1.54) is 11.3 Å². The number of thiazole rings is 1. The second kappa shape index (κ2) is 5.74. The first-order chi connectivity index (χ1) is 10.8. The lowest BCUT2D eigenvalue weighted by Gasteiger charge is -2.14. The zero-order valence-corrected chi connectivity index (χ0v) is 14.5. The largest absolute Gasteiger partial charge is 0.298 e. The summed E-state index contributed by atoms with van der Waals surface area (Å²) in [5.74, 6) is -0.162. The Labute approximate surface area is 139 Å². The highest BCUT2D eigenvalue weighted by Gasteiger charge is 2.18. The standard InChI is InChI=1S/C18H19N3OS/c1-11-5-6-12-7-8-13(9-14(12)19-11)16(22)21-17-20-15(10-23-17)18(2,3)4/h5-10H,1-4H3,(H,20,21,22). The maximum absolute atomic E-state index is 12.4. The van der Waals surface area contributed by atoms with E-state index in [0.717, 1.165) is 22.3 Å². The van der Waals surface area contributed by atoms with Crippen molar-refractivity contribution in [1.29, 1.82) is 0 Å². The number of carbonyl (C=O) groups excluding carboxylic acids is 1. The van der Waals surface area contributed by atoms with Crippen molar-refractivity contribution in [3.63, 3.8) is 0 Å². The van der Waals surface area contributed by atoms with Crippen LogP contribution in [0.4, 0.5) is 5.13 Å². The fraction of sp³-hybridized carbons (Fsp3) is 0.278. The predicted octanol–water partition coefficient (Wildman–Crippen LogP) is 4.55. The Morgan fingerprint density at radius 2 is 1.87 bits per heavy atom. The molecule has 0 aliphatic heterocycles. The summed E-state index contributed by atoms with van der Waals surface area (Å²) in [6.45, 7) is 8.25. The van der Waals surface area contributed by atoms with Crippen LogP contribution in [-0.4, -0.2) is 15.9 Å². The first kappa shape index (κ1) is 15.6. The fourth-order valence-electron chi connectivity index (χ4n) is 2.21. The topological polar surface area (TPSA) is 54.9 Å². The average molecular weight is 325 g/mol. The number of nitrogens with zero attached hydrogens (tertiary/aromatic N) is 2. The third-order valence-corrected chi connectivity index (χ3v) is 4.34. The highest BCUT2D eigenvalue weighted by atomic mass is 32.1. The molecule has 0 saturated heterocycles. The summed E-state index contributed by atoms with van der Waals surface area (Å²) in [5.41, 5.74) is 3.30. The molecule has 5 heteroatoms. The lowest BCUT2D eigenvalue weighted by Crippen LogP contribution is -2.14. The molecule has 0 saturated carbocycles. The summed E-state index contributed by atoms with van der Waals surface area (Å²) in [6, 6.07) is 9.52. The van der Waals surface area contributed by atoms with Gasteiger partial charge in [0, 0.05) is 27.4 Å². The summed E-state index contributed by atoms with van der Waals surface area (Å²) in [6.07, 6.45) is 0. The van der Waals surface area contributed by atoms with E-state index in [0.29, 0.717) is 10.7 Å². The maximum Gasteiger partial charge on any atom is 0.257 e. The average Bonchev–Trinajstić information content (AvgIpc) is 2.95. The molecule has 118 valence electrons. The van der Waals surface area contributed by atoms with Gasteiger partial charge in [0.2, 0.25) is 0 Å². The Morgan fingerprint density at radius 3 is 2.57 bits per heavy atom. The minimum atomic E-state index is -0.162. The van der Waals surface area contributed by atoms with E-state index in [9.17, 15) is 4.79 Å². The zero-order valence-electron chi connectivity index (χ0n) is 13.7. The Hall–Kier alpha value is -2.27. The summed E-state index contributed by atoms with van der Waals surface area (Å²) < 4.78 is 0. The van der Waals surface area contributed by atoms with E-state index in [-0.39, 0.29) is 11.3 Å². The van der Waals surface area contributed by atoms with Gasteiger partial charge in [0.05, 0.1) is 11.2 Å². The number of nitrogens with one attached hydrogen (secondary N) is 1. The van der Waals surface area contributed by atoms with Gasteiger partial charge in [-0.15, -0.1) is 11.3 Å². The molecule has 1 amide bonds. The van der Waals surface area contributed by atoms with Crippen LogP contribution >= 0.6 is 11.3 Å². The van der Waals surface area contributed by atoms with Crippen molar-refractivity contribution in [2.75, 3.05) is 5.32 Å². The second-order valence-electron chi connectivity index (χ2n) is 6.60. The van der Waals surface area contributed by atoms with Gasteiger partial charge in [-0.2, -0.15) is 0 Å². The van der Waals surface area contributed by atoms with Gasteiger partial charge in [-0.05, 0) is 25.1 Å². The molecule has 3 aromatic rings. The number of rotatable bonds is 2. The first-order valence-electron chi connectivity index (χ1n) is 7.48. The fourth-order valence-corrected chi connectivity index (χ4v) is 3.14. The van der Waals surface area contributed by atoms with Gasteiger partial charge < -0.3 is 0 Å². The van der Waals surface area contributed by atoms with Gasteiger partial charge in [0.25, 0.3) is 5.91 Å². The van der Waals surface area contributed by atoms with E-state index in [1.807, 2.05) is 42.6 Å². The molecule has 0 atom stereocenters. The second-order valence-corrected chi connectivity index (χ2v) is 7.46. The summed E-state index contributed by atoms with van der Waals surface area (Å²) >= 11 is 1.45. The van der Waals surface area contributed by atoms with Gasteiger partial charge in [0.15, 0.2) is 5.13 Å². The van der Waals surface area contributed by atoms with E-state index < -0.39 is 0 Å². The number of aryl methyl sites for hydroxylation is 1. The minimum Gasteiger partial charge on any atom is -0.298 e. The molecule has 23 heavy (non-hydrogen) atoms. The normalized spacial score (nSPS) is 11.7. The van der Waals surface area contributed by atoms with E-state index in [4.69, 9.17) is 0 Å². The summed E-state index contributed by atoms with van der Waals surface area (Å²) in [4.78, 5) is 21.4. The quantitative estimate of drug-likeness (QED) is 0.752. The van der Waals surface area contributed by atoms with Crippen LogP contribution < -0.4 is 5.32 Å². The Morgan fingerprint density at radius 1 is 1.13 bits per heavy atom. The number of amides is 1. The SMILES string of the molecule is Cc1ccc2ccc(C(=O)Nc3nc(C(C)(C)C)cs3)cc2n1. The van der Waals surface area contributed by atoms with Crippen LogP contribution in [0.15, 0.2) is 35.7 Å². The molecule has 2 aromatic heterocycles. The number of hydrogen-bond donors (Lipinski definition) is 1. The van der Waals surface area contributed by atoms with Crippen molar-refractivity contribution in [3.05, 3.63) is 52.7 Å². The van der Waals surface area contributed by atoms with E-state index >= 15 is 0 Å². The van der Waals surface area contributed by atoms with Crippen LogP contribution in [-0.2, 0) is 5.41 Å². The van der Waals surface area contributed by atoms with Crippen LogP contribution in [0.2, 0.25) is 0 Å². The smallest absolute Gasteiger partial charge is 0.257 e. The first-order valence-corrected chi connectivity index (χ1v) is 8.36. The highest BCUT2D eigenvalue weighted by molar-refractivity contribution is 7.14. The predicted molar refractivity (Wildman–Crippen MR) is 95.2 cm³/mol. The van der Waals surface area contributed by atoms with Crippen molar-refractivity contribution in [3.8, 4) is 0 Å². The van der Waals surface area contributed by atoms with Crippen molar-refractivity contribution >= 4 is 33.3 Å². The van der Waals surface area contributed by atoms with Gasteiger partial charge in [-0.1, -0.05) is 32.9 Å². The molecule has 3 rings (SSSR count). The van der Waals surface area contributed by atoms with Crippen LogP contribution in [0.1, 0.15) is 42.5 Å². The molecular weight excluding hydrogens is 306 g/mol. The van der Waals surface area contributed by atoms with Crippen molar-refractivity contribution in [2.24, 2.45) is 0 Å². The molecule has 0 spiro atoms. The number of aromatic nitrogens is 2. The van der Waals surface area contributed by atoms with Crippen molar-refractivity contribution in [2.45, 2.75) is 33.1 Å². The lowest BCUT2D eigenvalue weighted by atomic mass is 9.93. The van der Waals surface area contributed by atoms with Crippen LogP contribution in [0.25, 0.3) is 10.9 Å². The third kappa shape index (κ3) is 3.40. The highest BCUT2D eigenvalue weighted by Crippen LogP contribution is 2.26. The molecule has 0 aliphatic carbocycles. The number of fused-ring (bicyclic) bond motifs is 1. The number of benzene rings is 1. The molecule has 0 radical (unpaired) electrons. The Bertz CT molecular complexity index is 877. The minimum absolute atomic E-state index is 0.0239. The van der Waals surface area contributed by atoms with Crippen LogP contribution in [0.3, 0.4) is 0 Å². The molecule has 0 bridgehead atoms. The Balaban J connectivity index is 1.84. The third-order valence-electron chi connectivity index (χ3n) is 3.59. The Kier molecular flexibility index (Phi) is 3.90. The van der Waals surface area contributed by atoms with E-state index in [2.05, 4.69) is 36.1 Å². The molecule has 1 N–H and O–H groups in total. The molecule has 0 fully saturated rings. The maximum atomic E-state index is 12.4. The van der Waals surface area contributed by atoms with Gasteiger partial charge in [-0.25, -0.2) is 4.98 Å². The number of anilines is 1. The van der Waals surface area contributed by atoms with Crippen LogP contribution in [0, 0.1) is 6.92 Å². The molecule has 2 heterocycles. The van der Waals surface area contributed by atoms with Crippen molar-refractivity contribution in [1.82, 2.24) is 9.97 Å². The lowest BCUT2D eigenvalue weighted by molar-refractivity contribution is 0.102. The van der Waals surface area contributed by atoms with Gasteiger partial charge >= 0.3 is 0 Å². The summed E-state index contributed by atoms with van der Waals surface area (Å²) in [7, 11) is 0. The molecule has 1 aromatic carbocycles. The number of pyridine rings is 1. The molecule has 4 nitrogen and oxygen atoms in total. The van der Waals surface area contributed by atoms with Crippen LogP contribution in [0.5, 0.6) is 0 Å². The molecule has 0 aliphatic rings. The van der Waals surface area contributed by atoms with Gasteiger partial charge in [-0.3, -0.25) is 15.1 Å². The van der Waals surface area contributed by atoms with Gasteiger partial charge in [0.1, 0.15) is 0 Å². The monoisotopic (exact) mass is 325 g/mol. The van der Waals surface area contributed by atoms with E-state index in [1.54, 1.807) is 0 Å².